The zero-order valence-corrected chi connectivity index (χ0v) is 8.52. The van der Waals surface area contributed by atoms with E-state index in [1.807, 2.05) is 0 Å². The Labute approximate surface area is 79.6 Å². The monoisotopic (exact) mass is 195 g/mol. The molecule has 0 aromatic heterocycles. The second kappa shape index (κ2) is 2.63. The number of allylic oxidation sites excluding steroid dienone is 2. The van der Waals surface area contributed by atoms with E-state index in [2.05, 4.69) is 26.8 Å². The average molecular weight is 195 g/mol. The van der Waals surface area contributed by atoms with E-state index in [1.165, 1.54) is 12.8 Å². The quantitative estimate of drug-likeness (QED) is 0.521. The third kappa shape index (κ3) is 1.29. The molecule has 65 valence electrons. The standard InChI is InChI=1S/C10H16.Co/c1-7-4-5-8-9(6-7)10(8,2)3;/h6-8H,4-5H2,1-3H3;. The van der Waals surface area contributed by atoms with Crippen LogP contribution in [0.2, 0.25) is 0 Å². The third-order valence-corrected chi connectivity index (χ3v) is 3.28. The molecule has 1 heteroatoms. The van der Waals surface area contributed by atoms with Crippen molar-refractivity contribution >= 4 is 0 Å². The summed E-state index contributed by atoms with van der Waals surface area (Å²) < 4.78 is 0. The molecule has 1 radical (unpaired) electrons. The van der Waals surface area contributed by atoms with Crippen LogP contribution in [0, 0.1) is 17.3 Å². The molecule has 0 aliphatic heterocycles. The van der Waals surface area contributed by atoms with Crippen LogP contribution >= 0.6 is 0 Å². The van der Waals surface area contributed by atoms with E-state index in [9.17, 15) is 0 Å². The summed E-state index contributed by atoms with van der Waals surface area (Å²) >= 11 is 0. The fourth-order valence-corrected chi connectivity index (χ4v) is 2.34. The second-order valence-corrected chi connectivity index (χ2v) is 4.45. The van der Waals surface area contributed by atoms with Gasteiger partial charge in [-0.05, 0) is 30.1 Å². The molecule has 2 aliphatic rings. The molecule has 0 amide bonds. The summed E-state index contributed by atoms with van der Waals surface area (Å²) in [5.41, 5.74) is 2.33. The maximum absolute atomic E-state index is 2.49. The molecule has 0 nitrogen and oxygen atoms in total. The molecule has 0 N–H and O–H groups in total. The molecule has 1 fully saturated rings. The predicted octanol–water partition coefficient (Wildman–Crippen LogP) is 3.00. The minimum Gasteiger partial charge on any atom is -0.0816 e. The van der Waals surface area contributed by atoms with Gasteiger partial charge in [-0.15, -0.1) is 0 Å². The topological polar surface area (TPSA) is 0 Å². The summed E-state index contributed by atoms with van der Waals surface area (Å²) in [6, 6.07) is 0. The Balaban J connectivity index is 0.000000605. The van der Waals surface area contributed by atoms with Crippen LogP contribution in [0.5, 0.6) is 0 Å². The first-order valence-electron chi connectivity index (χ1n) is 4.34. The van der Waals surface area contributed by atoms with Crippen LogP contribution in [-0.4, -0.2) is 0 Å². The third-order valence-electron chi connectivity index (χ3n) is 3.28. The van der Waals surface area contributed by atoms with Crippen molar-refractivity contribution in [2.45, 2.75) is 33.6 Å². The fraction of sp³-hybridized carbons (Fsp3) is 0.800. The molecule has 0 spiro atoms. The van der Waals surface area contributed by atoms with Gasteiger partial charge in [-0.25, -0.2) is 0 Å². The zero-order valence-electron chi connectivity index (χ0n) is 7.48. The zero-order chi connectivity index (χ0) is 7.35. The van der Waals surface area contributed by atoms with Crippen molar-refractivity contribution in [2.75, 3.05) is 0 Å². The van der Waals surface area contributed by atoms with Crippen LogP contribution in [0.25, 0.3) is 0 Å². The van der Waals surface area contributed by atoms with Gasteiger partial charge in [0.15, 0.2) is 0 Å². The van der Waals surface area contributed by atoms with E-state index in [1.54, 1.807) is 5.57 Å². The van der Waals surface area contributed by atoms with Gasteiger partial charge in [0.1, 0.15) is 0 Å². The summed E-state index contributed by atoms with van der Waals surface area (Å²) in [4.78, 5) is 0. The van der Waals surface area contributed by atoms with E-state index >= 15 is 0 Å². The molecule has 11 heavy (non-hydrogen) atoms. The molecule has 0 heterocycles. The van der Waals surface area contributed by atoms with Gasteiger partial charge in [0.25, 0.3) is 0 Å². The molecule has 2 atom stereocenters. The molecule has 2 rings (SSSR count). The molecule has 0 saturated heterocycles. The number of hydrogen-bond donors (Lipinski definition) is 0. The van der Waals surface area contributed by atoms with Gasteiger partial charge in [-0.3, -0.25) is 0 Å². The van der Waals surface area contributed by atoms with Gasteiger partial charge >= 0.3 is 0 Å². The fourth-order valence-electron chi connectivity index (χ4n) is 2.34. The van der Waals surface area contributed by atoms with Gasteiger partial charge in [0.2, 0.25) is 0 Å². The summed E-state index contributed by atoms with van der Waals surface area (Å²) in [5, 5.41) is 0. The first kappa shape index (κ1) is 9.34. The molecule has 2 unspecified atom stereocenters. The van der Waals surface area contributed by atoms with Crippen LogP contribution in [0.15, 0.2) is 11.6 Å². The first-order valence-corrected chi connectivity index (χ1v) is 4.34. The Hall–Kier alpha value is 0.246. The van der Waals surface area contributed by atoms with Crippen molar-refractivity contribution in [1.29, 1.82) is 0 Å². The summed E-state index contributed by atoms with van der Waals surface area (Å²) in [5.74, 6) is 1.82. The van der Waals surface area contributed by atoms with Crippen molar-refractivity contribution < 1.29 is 16.8 Å². The second-order valence-electron chi connectivity index (χ2n) is 4.45. The molecule has 0 bridgehead atoms. The maximum atomic E-state index is 2.49. The smallest absolute Gasteiger partial charge is 0 e. The van der Waals surface area contributed by atoms with Crippen molar-refractivity contribution in [1.82, 2.24) is 0 Å². The van der Waals surface area contributed by atoms with Crippen LogP contribution in [-0.2, 0) is 16.8 Å². The Morgan fingerprint density at radius 2 is 2.00 bits per heavy atom. The maximum Gasteiger partial charge on any atom is 0 e. The van der Waals surface area contributed by atoms with Gasteiger partial charge in [0.05, 0.1) is 0 Å². The molecule has 0 aromatic carbocycles. The van der Waals surface area contributed by atoms with Crippen molar-refractivity contribution in [3.8, 4) is 0 Å². The van der Waals surface area contributed by atoms with E-state index in [4.69, 9.17) is 0 Å². The van der Waals surface area contributed by atoms with Gasteiger partial charge in [-0.1, -0.05) is 32.4 Å². The van der Waals surface area contributed by atoms with Crippen molar-refractivity contribution in [2.24, 2.45) is 17.3 Å². The van der Waals surface area contributed by atoms with Gasteiger partial charge in [-0.2, -0.15) is 0 Å². The average Bonchev–Trinajstić information content (AvgIpc) is 2.36. The number of rotatable bonds is 0. The summed E-state index contributed by atoms with van der Waals surface area (Å²) in [7, 11) is 0. The molecule has 1 saturated carbocycles. The summed E-state index contributed by atoms with van der Waals surface area (Å²) in [6.45, 7) is 7.08. The Kier molecular flexibility index (Phi) is 2.23. The minimum atomic E-state index is 0. The van der Waals surface area contributed by atoms with Crippen LogP contribution in [0.1, 0.15) is 33.6 Å². The normalized spacial score (nSPS) is 38.3. The van der Waals surface area contributed by atoms with E-state index < -0.39 is 0 Å². The summed E-state index contributed by atoms with van der Waals surface area (Å²) in [6.07, 6.45) is 5.35. The van der Waals surface area contributed by atoms with Gasteiger partial charge in [0, 0.05) is 16.8 Å². The molecular weight excluding hydrogens is 179 g/mol. The van der Waals surface area contributed by atoms with Crippen LogP contribution in [0.4, 0.5) is 0 Å². The Morgan fingerprint density at radius 1 is 1.36 bits per heavy atom. The van der Waals surface area contributed by atoms with Crippen molar-refractivity contribution in [3.05, 3.63) is 11.6 Å². The van der Waals surface area contributed by atoms with Gasteiger partial charge < -0.3 is 0 Å². The Morgan fingerprint density at radius 3 is 2.45 bits per heavy atom. The number of hydrogen-bond acceptors (Lipinski definition) is 0. The van der Waals surface area contributed by atoms with Crippen LogP contribution in [0.3, 0.4) is 0 Å². The number of fused-ring (bicyclic) bond motifs is 1. The van der Waals surface area contributed by atoms with Crippen LogP contribution < -0.4 is 0 Å². The van der Waals surface area contributed by atoms with E-state index in [0.717, 1.165) is 11.8 Å². The molecular formula is C10H16Co. The molecule has 0 aromatic rings. The largest absolute Gasteiger partial charge is 0.0816 e. The minimum absolute atomic E-state index is 0. The predicted molar refractivity (Wildman–Crippen MR) is 43.8 cm³/mol. The van der Waals surface area contributed by atoms with E-state index in [-0.39, 0.29) is 16.8 Å². The van der Waals surface area contributed by atoms with E-state index in [0.29, 0.717) is 5.41 Å². The Bertz CT molecular complexity index is 191. The van der Waals surface area contributed by atoms with Crippen molar-refractivity contribution in [3.63, 3.8) is 0 Å². The first-order chi connectivity index (χ1) is 4.62. The molecule has 2 aliphatic carbocycles. The SMILES string of the molecule is CC1C=C2C(CC1)C2(C)C.[Co].